The highest BCUT2D eigenvalue weighted by molar-refractivity contribution is 5.90. The van der Waals surface area contributed by atoms with E-state index in [1.165, 1.54) is 6.08 Å². The second-order valence-corrected chi connectivity index (χ2v) is 2.54. The lowest BCUT2D eigenvalue weighted by molar-refractivity contribution is -0.671. The van der Waals surface area contributed by atoms with Gasteiger partial charge in [0.1, 0.15) is 7.05 Å². The Morgan fingerprint density at radius 3 is 3.00 bits per heavy atom. The lowest BCUT2D eigenvalue weighted by Crippen LogP contribution is -2.26. The molecule has 0 aliphatic rings. The third-order valence-corrected chi connectivity index (χ3v) is 1.40. The Kier molecular flexibility index (Phi) is 2.58. The standard InChI is InChI=1S/C9H10N2O/c1-11-6-2-3-8(7-11)4-5-9(10)12/h2-7H,1H3,(H-,10,12)/p+1. The van der Waals surface area contributed by atoms with Crippen LogP contribution in [0.4, 0.5) is 0 Å². The van der Waals surface area contributed by atoms with Crippen molar-refractivity contribution in [2.24, 2.45) is 12.8 Å². The van der Waals surface area contributed by atoms with E-state index in [2.05, 4.69) is 0 Å². The van der Waals surface area contributed by atoms with Gasteiger partial charge in [0.25, 0.3) is 0 Å². The second kappa shape index (κ2) is 3.67. The summed E-state index contributed by atoms with van der Waals surface area (Å²) >= 11 is 0. The summed E-state index contributed by atoms with van der Waals surface area (Å²) in [5.74, 6) is -0.429. The molecule has 12 heavy (non-hydrogen) atoms. The molecule has 0 radical (unpaired) electrons. The predicted octanol–water partition coefficient (Wildman–Crippen LogP) is 0.00960. The van der Waals surface area contributed by atoms with Gasteiger partial charge in [-0.1, -0.05) is 0 Å². The molecule has 0 aliphatic heterocycles. The van der Waals surface area contributed by atoms with Crippen molar-refractivity contribution >= 4 is 12.0 Å². The molecule has 0 spiro atoms. The van der Waals surface area contributed by atoms with E-state index in [-0.39, 0.29) is 0 Å². The van der Waals surface area contributed by atoms with Crippen molar-refractivity contribution in [1.29, 1.82) is 0 Å². The minimum Gasteiger partial charge on any atom is -0.366 e. The molecule has 62 valence electrons. The Bertz CT molecular complexity index is 318. The average Bonchev–Trinajstić information content (AvgIpc) is 2.01. The lowest BCUT2D eigenvalue weighted by atomic mass is 10.2. The number of aromatic nitrogens is 1. The number of carbonyl (C=O) groups is 1. The summed E-state index contributed by atoms with van der Waals surface area (Å²) in [5, 5.41) is 0. The molecule has 0 fully saturated rings. The summed E-state index contributed by atoms with van der Waals surface area (Å²) < 4.78 is 1.90. The zero-order chi connectivity index (χ0) is 8.97. The highest BCUT2D eigenvalue weighted by Crippen LogP contribution is 1.96. The second-order valence-electron chi connectivity index (χ2n) is 2.54. The van der Waals surface area contributed by atoms with Crippen LogP contribution in [0.3, 0.4) is 0 Å². The number of aryl methyl sites for hydroxylation is 1. The molecule has 0 unspecified atom stereocenters. The van der Waals surface area contributed by atoms with Crippen molar-refractivity contribution in [3.05, 3.63) is 36.2 Å². The molecule has 1 rings (SSSR count). The first kappa shape index (κ1) is 8.46. The molecule has 0 saturated carbocycles. The number of carbonyl (C=O) groups excluding carboxylic acids is 1. The summed E-state index contributed by atoms with van der Waals surface area (Å²) in [7, 11) is 1.92. The van der Waals surface area contributed by atoms with Crippen LogP contribution in [-0.4, -0.2) is 5.91 Å². The number of amides is 1. The zero-order valence-corrected chi connectivity index (χ0v) is 6.90. The molecule has 0 aromatic carbocycles. The minimum atomic E-state index is -0.429. The molecule has 1 amide bonds. The largest absolute Gasteiger partial charge is 0.366 e. The Morgan fingerprint density at radius 1 is 1.67 bits per heavy atom. The van der Waals surface area contributed by atoms with E-state index >= 15 is 0 Å². The topological polar surface area (TPSA) is 47.0 Å². The molecule has 3 nitrogen and oxygen atoms in total. The summed E-state index contributed by atoms with van der Waals surface area (Å²) in [6.45, 7) is 0. The first-order valence-electron chi connectivity index (χ1n) is 3.61. The van der Waals surface area contributed by atoms with Crippen LogP contribution in [0.25, 0.3) is 6.08 Å². The normalized spacial score (nSPS) is 10.4. The smallest absolute Gasteiger partial charge is 0.241 e. The van der Waals surface area contributed by atoms with Crippen LogP contribution < -0.4 is 10.3 Å². The third kappa shape index (κ3) is 2.54. The quantitative estimate of drug-likeness (QED) is 0.484. The number of pyridine rings is 1. The van der Waals surface area contributed by atoms with E-state index < -0.39 is 5.91 Å². The molecule has 1 heterocycles. The summed E-state index contributed by atoms with van der Waals surface area (Å²) in [5.41, 5.74) is 5.90. The lowest BCUT2D eigenvalue weighted by Gasteiger charge is -1.89. The SMILES string of the molecule is C[n+]1cccc(C=CC(N)=O)c1. The zero-order valence-electron chi connectivity index (χ0n) is 6.90. The van der Waals surface area contributed by atoms with Crippen molar-refractivity contribution in [3.63, 3.8) is 0 Å². The predicted molar refractivity (Wildman–Crippen MR) is 45.8 cm³/mol. The molecule has 0 bridgehead atoms. The summed E-state index contributed by atoms with van der Waals surface area (Å²) in [6.07, 6.45) is 6.85. The first-order chi connectivity index (χ1) is 5.68. The van der Waals surface area contributed by atoms with Crippen LogP contribution in [-0.2, 0) is 11.8 Å². The van der Waals surface area contributed by atoms with Crippen LogP contribution in [0.15, 0.2) is 30.6 Å². The fourth-order valence-electron chi connectivity index (χ4n) is 0.888. The molecule has 0 saturated heterocycles. The van der Waals surface area contributed by atoms with Gasteiger partial charge in [0.05, 0.1) is 0 Å². The fraction of sp³-hybridized carbons (Fsp3) is 0.111. The number of hydrogen-bond donors (Lipinski definition) is 1. The average molecular weight is 163 g/mol. The summed E-state index contributed by atoms with van der Waals surface area (Å²) in [6, 6.07) is 3.81. The molecular formula is C9H11N2O+. The Labute approximate surface area is 71.1 Å². The van der Waals surface area contributed by atoms with E-state index in [0.29, 0.717) is 0 Å². The molecule has 0 atom stereocenters. The van der Waals surface area contributed by atoms with Crippen molar-refractivity contribution in [2.75, 3.05) is 0 Å². The van der Waals surface area contributed by atoms with Gasteiger partial charge in [0, 0.05) is 17.7 Å². The van der Waals surface area contributed by atoms with Crippen molar-refractivity contribution in [3.8, 4) is 0 Å². The van der Waals surface area contributed by atoms with E-state index in [1.807, 2.05) is 36.1 Å². The maximum absolute atomic E-state index is 10.4. The van der Waals surface area contributed by atoms with Gasteiger partial charge in [-0.2, -0.15) is 0 Å². The van der Waals surface area contributed by atoms with Gasteiger partial charge in [0.2, 0.25) is 5.91 Å². The van der Waals surface area contributed by atoms with Gasteiger partial charge in [-0.3, -0.25) is 4.79 Å². The van der Waals surface area contributed by atoms with Crippen molar-refractivity contribution in [2.45, 2.75) is 0 Å². The van der Waals surface area contributed by atoms with Gasteiger partial charge in [-0.15, -0.1) is 0 Å². The van der Waals surface area contributed by atoms with Crippen LogP contribution in [0.2, 0.25) is 0 Å². The molecule has 1 aromatic heterocycles. The highest BCUT2D eigenvalue weighted by Gasteiger charge is 1.92. The number of rotatable bonds is 2. The number of hydrogen-bond acceptors (Lipinski definition) is 1. The van der Waals surface area contributed by atoms with Gasteiger partial charge in [-0.05, 0) is 12.1 Å². The molecule has 2 N–H and O–H groups in total. The van der Waals surface area contributed by atoms with E-state index in [4.69, 9.17) is 5.73 Å². The Balaban J connectivity index is 2.83. The van der Waals surface area contributed by atoms with Crippen LogP contribution in [0, 0.1) is 0 Å². The van der Waals surface area contributed by atoms with E-state index in [0.717, 1.165) is 5.56 Å². The molecular weight excluding hydrogens is 152 g/mol. The maximum Gasteiger partial charge on any atom is 0.241 e. The van der Waals surface area contributed by atoms with Gasteiger partial charge >= 0.3 is 0 Å². The Morgan fingerprint density at radius 2 is 2.42 bits per heavy atom. The molecule has 1 aromatic rings. The van der Waals surface area contributed by atoms with Crippen LogP contribution in [0.5, 0.6) is 0 Å². The van der Waals surface area contributed by atoms with Gasteiger partial charge in [0.15, 0.2) is 12.4 Å². The van der Waals surface area contributed by atoms with Crippen molar-refractivity contribution < 1.29 is 9.36 Å². The van der Waals surface area contributed by atoms with E-state index in [1.54, 1.807) is 6.08 Å². The molecule has 0 aliphatic carbocycles. The van der Waals surface area contributed by atoms with Crippen LogP contribution >= 0.6 is 0 Å². The Hall–Kier alpha value is -1.64. The minimum absolute atomic E-state index is 0.429. The first-order valence-corrected chi connectivity index (χ1v) is 3.61. The summed E-state index contributed by atoms with van der Waals surface area (Å²) in [4.78, 5) is 10.4. The monoisotopic (exact) mass is 163 g/mol. The van der Waals surface area contributed by atoms with Gasteiger partial charge < -0.3 is 5.73 Å². The maximum atomic E-state index is 10.4. The number of nitrogens with two attached hydrogens (primary N) is 1. The molecule has 3 heteroatoms. The highest BCUT2D eigenvalue weighted by atomic mass is 16.1. The number of nitrogens with zero attached hydrogens (tertiary/aromatic N) is 1. The third-order valence-electron chi connectivity index (χ3n) is 1.40. The van der Waals surface area contributed by atoms with E-state index in [9.17, 15) is 4.79 Å². The fourth-order valence-corrected chi connectivity index (χ4v) is 0.888. The van der Waals surface area contributed by atoms with Gasteiger partial charge in [-0.25, -0.2) is 4.57 Å². The van der Waals surface area contributed by atoms with Crippen LogP contribution in [0.1, 0.15) is 5.56 Å². The number of primary amides is 1. The van der Waals surface area contributed by atoms with Crippen molar-refractivity contribution in [1.82, 2.24) is 0 Å².